The van der Waals surface area contributed by atoms with Crippen molar-refractivity contribution in [1.29, 1.82) is 0 Å². The van der Waals surface area contributed by atoms with Crippen LogP contribution >= 0.6 is 11.3 Å². The number of hydrogen-bond acceptors (Lipinski definition) is 5. The van der Waals surface area contributed by atoms with E-state index in [0.29, 0.717) is 10.6 Å². The summed E-state index contributed by atoms with van der Waals surface area (Å²) in [4.78, 5) is 30.5. The number of fused-ring (bicyclic) bond motifs is 1. The van der Waals surface area contributed by atoms with E-state index in [1.807, 2.05) is 49.4 Å². The number of benzene rings is 1. The lowest BCUT2D eigenvalue weighted by Crippen LogP contribution is -2.32. The van der Waals surface area contributed by atoms with Crippen molar-refractivity contribution in [2.75, 3.05) is 0 Å². The molecule has 4 aromatic rings. The molecule has 1 atom stereocenters. The maximum Gasteiger partial charge on any atom is 0.263 e. The highest BCUT2D eigenvalue weighted by Gasteiger charge is 2.25. The summed E-state index contributed by atoms with van der Waals surface area (Å²) in [6.45, 7) is 5.98. The maximum atomic E-state index is 13.0. The lowest BCUT2D eigenvalue weighted by molar-refractivity contribution is 0.0926. The van der Waals surface area contributed by atoms with Crippen LogP contribution in [0, 0.1) is 12.8 Å². The minimum absolute atomic E-state index is 0.142. The summed E-state index contributed by atoms with van der Waals surface area (Å²) in [5, 5.41) is 3.88. The number of rotatable bonds is 5. The minimum atomic E-state index is -0.222. The van der Waals surface area contributed by atoms with Crippen LogP contribution in [-0.4, -0.2) is 25.8 Å². The standard InChI is InChI=1S/C21H21N5OS/c1-12(2)17(19-24-14-8-4-5-9-15(14)25-19)26-20(27)18-13(3)23-21(28-18)16-10-6-7-11-22-16/h4-12,17H,1-3H3,(H,24,25)(H,26,27). The second-order valence-corrected chi connectivity index (χ2v) is 7.98. The van der Waals surface area contributed by atoms with Crippen LogP contribution in [-0.2, 0) is 0 Å². The van der Waals surface area contributed by atoms with Crippen molar-refractivity contribution >= 4 is 28.3 Å². The highest BCUT2D eigenvalue weighted by molar-refractivity contribution is 7.17. The fourth-order valence-corrected chi connectivity index (χ4v) is 4.03. The summed E-state index contributed by atoms with van der Waals surface area (Å²) in [5.74, 6) is 0.793. The van der Waals surface area contributed by atoms with Gasteiger partial charge in [0.2, 0.25) is 0 Å². The highest BCUT2D eigenvalue weighted by Crippen LogP contribution is 2.28. The average Bonchev–Trinajstić information content (AvgIpc) is 3.29. The third-order valence-corrected chi connectivity index (χ3v) is 5.72. The van der Waals surface area contributed by atoms with Gasteiger partial charge in [0.15, 0.2) is 0 Å². The Labute approximate surface area is 167 Å². The van der Waals surface area contributed by atoms with Gasteiger partial charge in [0.25, 0.3) is 5.91 Å². The molecule has 0 spiro atoms. The number of carbonyl (C=O) groups excluding carboxylic acids is 1. The van der Waals surface area contributed by atoms with Crippen LogP contribution in [0.4, 0.5) is 0 Å². The van der Waals surface area contributed by atoms with Crippen molar-refractivity contribution in [3.8, 4) is 10.7 Å². The van der Waals surface area contributed by atoms with Gasteiger partial charge in [0.1, 0.15) is 15.7 Å². The average molecular weight is 392 g/mol. The number of aromatic nitrogens is 4. The first-order chi connectivity index (χ1) is 13.5. The van der Waals surface area contributed by atoms with Crippen LogP contribution in [0.25, 0.3) is 21.7 Å². The van der Waals surface area contributed by atoms with E-state index in [1.54, 1.807) is 6.20 Å². The zero-order chi connectivity index (χ0) is 19.7. The number of para-hydroxylation sites is 2. The Morgan fingerprint density at radius 1 is 1.11 bits per heavy atom. The molecule has 0 aliphatic heterocycles. The third kappa shape index (κ3) is 3.53. The van der Waals surface area contributed by atoms with E-state index in [9.17, 15) is 4.79 Å². The van der Waals surface area contributed by atoms with Gasteiger partial charge in [-0.1, -0.05) is 32.0 Å². The number of amides is 1. The first kappa shape index (κ1) is 18.3. The number of nitrogens with zero attached hydrogens (tertiary/aromatic N) is 3. The number of aromatic amines is 1. The quantitative estimate of drug-likeness (QED) is 0.524. The molecule has 1 unspecified atom stereocenters. The molecule has 1 aromatic carbocycles. The first-order valence-corrected chi connectivity index (χ1v) is 9.99. The van der Waals surface area contributed by atoms with Gasteiger partial charge in [0, 0.05) is 6.20 Å². The second kappa shape index (κ2) is 7.52. The van der Waals surface area contributed by atoms with Gasteiger partial charge in [-0.25, -0.2) is 9.97 Å². The van der Waals surface area contributed by atoms with Gasteiger partial charge in [-0.05, 0) is 37.1 Å². The molecule has 2 N–H and O–H groups in total. The Hall–Kier alpha value is -3.06. The molecular weight excluding hydrogens is 370 g/mol. The lowest BCUT2D eigenvalue weighted by atomic mass is 10.0. The zero-order valence-electron chi connectivity index (χ0n) is 15.9. The molecule has 28 heavy (non-hydrogen) atoms. The summed E-state index contributed by atoms with van der Waals surface area (Å²) in [6, 6.07) is 13.3. The predicted molar refractivity (Wildman–Crippen MR) is 111 cm³/mol. The molecule has 3 heterocycles. The number of nitrogens with one attached hydrogen (secondary N) is 2. The van der Waals surface area contributed by atoms with Crippen LogP contribution in [0.15, 0.2) is 48.7 Å². The van der Waals surface area contributed by atoms with Gasteiger partial charge in [-0.15, -0.1) is 11.3 Å². The number of H-pyrrole nitrogens is 1. The van der Waals surface area contributed by atoms with Crippen LogP contribution in [0.5, 0.6) is 0 Å². The number of thiazole rings is 1. The highest BCUT2D eigenvalue weighted by atomic mass is 32.1. The molecule has 0 aliphatic carbocycles. The van der Waals surface area contributed by atoms with Crippen LogP contribution in [0.2, 0.25) is 0 Å². The Morgan fingerprint density at radius 3 is 2.61 bits per heavy atom. The van der Waals surface area contributed by atoms with Crippen molar-refractivity contribution in [2.24, 2.45) is 5.92 Å². The molecule has 142 valence electrons. The summed E-state index contributed by atoms with van der Waals surface area (Å²) in [6.07, 6.45) is 1.72. The molecule has 0 saturated heterocycles. The molecule has 0 radical (unpaired) electrons. The van der Waals surface area contributed by atoms with Crippen molar-refractivity contribution in [3.63, 3.8) is 0 Å². The first-order valence-electron chi connectivity index (χ1n) is 9.17. The van der Waals surface area contributed by atoms with Crippen molar-refractivity contribution in [2.45, 2.75) is 26.8 Å². The third-order valence-electron chi connectivity index (χ3n) is 4.54. The molecule has 1 amide bonds. The molecule has 0 aliphatic rings. The molecule has 0 bridgehead atoms. The van der Waals surface area contributed by atoms with Gasteiger partial charge < -0.3 is 10.3 Å². The minimum Gasteiger partial charge on any atom is -0.341 e. The number of hydrogen-bond donors (Lipinski definition) is 2. The molecule has 4 rings (SSSR count). The van der Waals surface area contributed by atoms with Gasteiger partial charge >= 0.3 is 0 Å². The monoisotopic (exact) mass is 391 g/mol. The smallest absolute Gasteiger partial charge is 0.263 e. The lowest BCUT2D eigenvalue weighted by Gasteiger charge is -2.20. The molecule has 0 fully saturated rings. The number of imidazole rings is 1. The van der Waals surface area contributed by atoms with E-state index >= 15 is 0 Å². The molecule has 3 aromatic heterocycles. The maximum absolute atomic E-state index is 13.0. The Morgan fingerprint density at radius 2 is 1.89 bits per heavy atom. The van der Waals surface area contributed by atoms with Crippen molar-refractivity contribution in [1.82, 2.24) is 25.3 Å². The fraction of sp³-hybridized carbons (Fsp3) is 0.238. The van der Waals surface area contributed by atoms with Crippen LogP contribution in [0.1, 0.15) is 41.1 Å². The summed E-state index contributed by atoms with van der Waals surface area (Å²) < 4.78 is 0. The summed E-state index contributed by atoms with van der Waals surface area (Å²) in [5.41, 5.74) is 3.33. The molecule has 7 heteroatoms. The van der Waals surface area contributed by atoms with E-state index < -0.39 is 0 Å². The van der Waals surface area contributed by atoms with E-state index in [0.717, 1.165) is 27.6 Å². The van der Waals surface area contributed by atoms with Gasteiger partial charge in [-0.3, -0.25) is 9.78 Å². The molecule has 6 nitrogen and oxygen atoms in total. The topological polar surface area (TPSA) is 83.6 Å². The van der Waals surface area contributed by atoms with E-state index in [4.69, 9.17) is 0 Å². The Kier molecular flexibility index (Phi) is 4.92. The van der Waals surface area contributed by atoms with E-state index in [1.165, 1.54) is 11.3 Å². The predicted octanol–water partition coefficient (Wildman–Crippen LogP) is 4.52. The SMILES string of the molecule is Cc1nc(-c2ccccn2)sc1C(=O)NC(c1nc2ccccc2[nH]1)C(C)C. The number of aryl methyl sites for hydroxylation is 1. The second-order valence-electron chi connectivity index (χ2n) is 6.98. The van der Waals surface area contributed by atoms with E-state index in [2.05, 4.69) is 39.1 Å². The van der Waals surface area contributed by atoms with Crippen molar-refractivity contribution < 1.29 is 4.79 Å². The zero-order valence-corrected chi connectivity index (χ0v) is 16.7. The van der Waals surface area contributed by atoms with Gasteiger partial charge in [0.05, 0.1) is 28.5 Å². The van der Waals surface area contributed by atoms with Crippen LogP contribution < -0.4 is 5.32 Å². The summed E-state index contributed by atoms with van der Waals surface area (Å²) in [7, 11) is 0. The number of pyridine rings is 1. The van der Waals surface area contributed by atoms with Gasteiger partial charge in [-0.2, -0.15) is 0 Å². The molecule has 0 saturated carbocycles. The molecular formula is C21H21N5OS. The fourth-order valence-electron chi connectivity index (χ4n) is 3.08. The normalized spacial score (nSPS) is 12.4. The van der Waals surface area contributed by atoms with E-state index in [-0.39, 0.29) is 17.9 Å². The largest absolute Gasteiger partial charge is 0.341 e. The Balaban J connectivity index is 1.61. The van der Waals surface area contributed by atoms with Crippen LogP contribution in [0.3, 0.4) is 0 Å². The summed E-state index contributed by atoms with van der Waals surface area (Å²) >= 11 is 1.36. The van der Waals surface area contributed by atoms with Crippen molar-refractivity contribution in [3.05, 3.63) is 65.1 Å². The number of carbonyl (C=O) groups is 1. The Bertz CT molecular complexity index is 1080.